The Morgan fingerprint density at radius 2 is 2.25 bits per heavy atom. The number of rotatable bonds is 2. The highest BCUT2D eigenvalue weighted by Crippen LogP contribution is 2.38. The van der Waals surface area contributed by atoms with E-state index in [2.05, 4.69) is 15.3 Å². The van der Waals surface area contributed by atoms with Crippen molar-refractivity contribution >= 4 is 39.8 Å². The van der Waals surface area contributed by atoms with Crippen molar-refractivity contribution in [2.24, 2.45) is 0 Å². The fraction of sp³-hybridized carbons (Fsp3) is 0.250. The molecule has 1 fully saturated rings. The standard InChI is InChI=1S/C12H11ClN6S/c13-7-1-2-20-10(7)9-8-11(14)16-5-17-12(8)19(18-9)6-3-15-4-6/h1-2,5-6,15H,3-4H2,(H2,14,16,17). The first-order valence-corrected chi connectivity index (χ1v) is 7.44. The van der Waals surface area contributed by atoms with Crippen molar-refractivity contribution in [3.05, 3.63) is 22.8 Å². The molecule has 3 aromatic heterocycles. The monoisotopic (exact) mass is 306 g/mol. The van der Waals surface area contributed by atoms with Gasteiger partial charge in [0.15, 0.2) is 5.65 Å². The van der Waals surface area contributed by atoms with Gasteiger partial charge in [-0.15, -0.1) is 11.3 Å². The number of anilines is 1. The number of nitrogen functional groups attached to an aromatic ring is 1. The summed E-state index contributed by atoms with van der Waals surface area (Å²) in [4.78, 5) is 9.34. The molecule has 0 aliphatic carbocycles. The van der Waals surface area contributed by atoms with Crippen molar-refractivity contribution in [3.8, 4) is 10.6 Å². The van der Waals surface area contributed by atoms with Gasteiger partial charge in [0, 0.05) is 13.1 Å². The highest BCUT2D eigenvalue weighted by molar-refractivity contribution is 7.14. The van der Waals surface area contributed by atoms with E-state index in [1.54, 1.807) is 11.3 Å². The zero-order chi connectivity index (χ0) is 13.7. The molecule has 0 aromatic carbocycles. The Kier molecular flexibility index (Phi) is 2.66. The second-order valence-corrected chi connectivity index (χ2v) is 5.98. The normalized spacial score (nSPS) is 15.7. The summed E-state index contributed by atoms with van der Waals surface area (Å²) in [6, 6.07) is 2.16. The van der Waals surface area contributed by atoms with E-state index in [-0.39, 0.29) is 0 Å². The molecule has 0 unspecified atom stereocenters. The number of nitrogens with one attached hydrogen (secondary N) is 1. The molecule has 0 bridgehead atoms. The highest BCUT2D eigenvalue weighted by atomic mass is 35.5. The Balaban J connectivity index is 2.03. The van der Waals surface area contributed by atoms with Gasteiger partial charge in [-0.2, -0.15) is 5.10 Å². The van der Waals surface area contributed by atoms with Crippen molar-refractivity contribution < 1.29 is 0 Å². The third-order valence-corrected chi connectivity index (χ3v) is 4.80. The average Bonchev–Trinajstić information content (AvgIpc) is 2.93. The van der Waals surface area contributed by atoms with Crippen LogP contribution in [-0.4, -0.2) is 32.8 Å². The van der Waals surface area contributed by atoms with Crippen LogP contribution in [0.2, 0.25) is 5.02 Å². The van der Waals surface area contributed by atoms with Gasteiger partial charge in [-0.05, 0) is 11.4 Å². The third-order valence-electron chi connectivity index (χ3n) is 3.46. The summed E-state index contributed by atoms with van der Waals surface area (Å²) in [6.07, 6.45) is 1.47. The van der Waals surface area contributed by atoms with Gasteiger partial charge in [-0.25, -0.2) is 14.6 Å². The van der Waals surface area contributed by atoms with Gasteiger partial charge in [0.2, 0.25) is 0 Å². The van der Waals surface area contributed by atoms with Gasteiger partial charge in [-0.3, -0.25) is 0 Å². The number of hydrogen-bond donors (Lipinski definition) is 2. The summed E-state index contributed by atoms with van der Waals surface area (Å²) >= 11 is 7.77. The number of halogens is 1. The van der Waals surface area contributed by atoms with E-state index in [0.29, 0.717) is 16.9 Å². The summed E-state index contributed by atoms with van der Waals surface area (Å²) in [5, 5.41) is 11.3. The minimum absolute atomic E-state index is 0.305. The zero-order valence-corrected chi connectivity index (χ0v) is 11.9. The lowest BCUT2D eigenvalue weighted by molar-refractivity contribution is 0.325. The first-order chi connectivity index (χ1) is 9.75. The molecule has 4 rings (SSSR count). The van der Waals surface area contributed by atoms with Crippen LogP contribution in [0.4, 0.5) is 5.82 Å². The molecule has 0 saturated carbocycles. The molecule has 6 nitrogen and oxygen atoms in total. The highest BCUT2D eigenvalue weighted by Gasteiger charge is 2.26. The molecule has 1 saturated heterocycles. The number of nitrogens with two attached hydrogens (primary N) is 1. The zero-order valence-electron chi connectivity index (χ0n) is 10.4. The molecular weight excluding hydrogens is 296 g/mol. The van der Waals surface area contributed by atoms with E-state index in [9.17, 15) is 0 Å². The molecule has 3 N–H and O–H groups in total. The summed E-state index contributed by atoms with van der Waals surface area (Å²) < 4.78 is 1.93. The van der Waals surface area contributed by atoms with Crippen LogP contribution >= 0.6 is 22.9 Å². The molecule has 0 atom stereocenters. The summed E-state index contributed by atoms with van der Waals surface area (Å²) in [6.45, 7) is 1.77. The molecule has 0 spiro atoms. The molecule has 20 heavy (non-hydrogen) atoms. The van der Waals surface area contributed by atoms with Crippen LogP contribution < -0.4 is 11.1 Å². The second-order valence-electron chi connectivity index (χ2n) is 4.66. The average molecular weight is 307 g/mol. The molecule has 8 heteroatoms. The number of nitrogens with zero attached hydrogens (tertiary/aromatic N) is 4. The van der Waals surface area contributed by atoms with Gasteiger partial charge >= 0.3 is 0 Å². The predicted octanol–water partition coefficient (Wildman–Crippen LogP) is 1.93. The number of fused-ring (bicyclic) bond motifs is 1. The van der Waals surface area contributed by atoms with E-state index < -0.39 is 0 Å². The third kappa shape index (κ3) is 1.64. The Hall–Kier alpha value is -1.70. The van der Waals surface area contributed by atoms with Gasteiger partial charge in [0.25, 0.3) is 0 Å². The van der Waals surface area contributed by atoms with Crippen LogP contribution in [0.5, 0.6) is 0 Å². The van der Waals surface area contributed by atoms with E-state index in [1.165, 1.54) is 6.33 Å². The second kappa shape index (κ2) is 4.41. The largest absolute Gasteiger partial charge is 0.383 e. The molecular formula is C12H11ClN6S. The maximum Gasteiger partial charge on any atom is 0.164 e. The Morgan fingerprint density at radius 3 is 2.90 bits per heavy atom. The molecule has 102 valence electrons. The van der Waals surface area contributed by atoms with Crippen molar-refractivity contribution in [3.63, 3.8) is 0 Å². The maximum atomic E-state index is 6.23. The van der Waals surface area contributed by atoms with Crippen molar-refractivity contribution in [2.45, 2.75) is 6.04 Å². The van der Waals surface area contributed by atoms with E-state index in [4.69, 9.17) is 22.4 Å². The summed E-state index contributed by atoms with van der Waals surface area (Å²) in [7, 11) is 0. The number of aromatic nitrogens is 4. The molecule has 3 aromatic rings. The van der Waals surface area contributed by atoms with Gasteiger partial charge in [0.05, 0.1) is 21.3 Å². The van der Waals surface area contributed by atoms with Gasteiger partial charge in [-0.1, -0.05) is 11.6 Å². The Morgan fingerprint density at radius 1 is 1.40 bits per heavy atom. The smallest absolute Gasteiger partial charge is 0.164 e. The first kappa shape index (κ1) is 12.1. The van der Waals surface area contributed by atoms with E-state index in [1.807, 2.05) is 16.1 Å². The van der Waals surface area contributed by atoms with Crippen LogP contribution in [0.15, 0.2) is 17.8 Å². The van der Waals surface area contributed by atoms with Crippen LogP contribution in [-0.2, 0) is 0 Å². The predicted molar refractivity (Wildman–Crippen MR) is 80.0 cm³/mol. The molecule has 4 heterocycles. The number of thiophene rings is 1. The van der Waals surface area contributed by atoms with E-state index >= 15 is 0 Å². The van der Waals surface area contributed by atoms with Gasteiger partial charge in [0.1, 0.15) is 17.8 Å². The number of hydrogen-bond acceptors (Lipinski definition) is 6. The quantitative estimate of drug-likeness (QED) is 0.756. The SMILES string of the molecule is Nc1ncnc2c1c(-c1sccc1Cl)nn2C1CNC1. The van der Waals surface area contributed by atoms with Crippen molar-refractivity contribution in [1.82, 2.24) is 25.1 Å². The fourth-order valence-corrected chi connectivity index (χ4v) is 3.45. The molecule has 1 aliphatic rings. The summed E-state index contributed by atoms with van der Waals surface area (Å²) in [5.41, 5.74) is 7.56. The van der Waals surface area contributed by atoms with Crippen LogP contribution in [0, 0.1) is 0 Å². The lowest BCUT2D eigenvalue weighted by atomic mass is 10.2. The molecule has 0 radical (unpaired) electrons. The Labute approximate surface area is 123 Å². The Bertz CT molecular complexity index is 790. The maximum absolute atomic E-state index is 6.23. The summed E-state index contributed by atoms with van der Waals surface area (Å²) in [5.74, 6) is 0.438. The minimum Gasteiger partial charge on any atom is -0.383 e. The van der Waals surface area contributed by atoms with Crippen LogP contribution in [0.1, 0.15) is 6.04 Å². The lowest BCUT2D eigenvalue weighted by Crippen LogP contribution is -2.43. The van der Waals surface area contributed by atoms with Crippen molar-refractivity contribution in [2.75, 3.05) is 18.8 Å². The minimum atomic E-state index is 0.305. The lowest BCUT2D eigenvalue weighted by Gasteiger charge is -2.27. The van der Waals surface area contributed by atoms with Crippen molar-refractivity contribution in [1.29, 1.82) is 0 Å². The topological polar surface area (TPSA) is 81.7 Å². The van der Waals surface area contributed by atoms with E-state index in [0.717, 1.165) is 34.7 Å². The fourth-order valence-electron chi connectivity index (χ4n) is 2.32. The van der Waals surface area contributed by atoms with Gasteiger partial charge < -0.3 is 11.1 Å². The molecule has 1 aliphatic heterocycles. The molecule has 0 amide bonds. The first-order valence-electron chi connectivity index (χ1n) is 6.18. The van der Waals surface area contributed by atoms with Crippen LogP contribution in [0.25, 0.3) is 21.6 Å². The van der Waals surface area contributed by atoms with Crippen LogP contribution in [0.3, 0.4) is 0 Å².